The number of amides is 1. The fourth-order valence-electron chi connectivity index (χ4n) is 1.13. The summed E-state index contributed by atoms with van der Waals surface area (Å²) >= 11 is 0. The average molecular weight is 200 g/mol. The van der Waals surface area contributed by atoms with Gasteiger partial charge in [-0.3, -0.25) is 4.79 Å². The second-order valence-electron chi connectivity index (χ2n) is 4.55. The smallest absolute Gasteiger partial charge is 0.220 e. The molecule has 84 valence electrons. The largest absolute Gasteiger partial charge is 0.356 e. The Labute approximate surface area is 87.4 Å². The highest BCUT2D eigenvalue weighted by molar-refractivity contribution is 5.75. The molecule has 0 aromatic carbocycles. The minimum Gasteiger partial charge on any atom is -0.356 e. The van der Waals surface area contributed by atoms with Gasteiger partial charge in [-0.1, -0.05) is 19.8 Å². The van der Waals surface area contributed by atoms with Gasteiger partial charge in [0.1, 0.15) is 0 Å². The summed E-state index contributed by atoms with van der Waals surface area (Å²) in [6, 6.07) is 0. The Morgan fingerprint density at radius 1 is 1.36 bits per heavy atom. The third-order valence-corrected chi connectivity index (χ3v) is 2.10. The third-order valence-electron chi connectivity index (χ3n) is 2.10. The summed E-state index contributed by atoms with van der Waals surface area (Å²) < 4.78 is 0. The number of nitrogens with two attached hydrogens (primary N) is 1. The van der Waals surface area contributed by atoms with E-state index in [9.17, 15) is 4.79 Å². The van der Waals surface area contributed by atoms with E-state index in [4.69, 9.17) is 5.73 Å². The molecule has 14 heavy (non-hydrogen) atoms. The molecule has 3 N–H and O–H groups in total. The minimum atomic E-state index is -0.235. The highest BCUT2D eigenvalue weighted by Crippen LogP contribution is 2.06. The predicted octanol–water partition coefficient (Wildman–Crippen LogP) is 1.81. The van der Waals surface area contributed by atoms with E-state index >= 15 is 0 Å². The van der Waals surface area contributed by atoms with E-state index < -0.39 is 0 Å². The minimum absolute atomic E-state index is 0.125. The van der Waals surface area contributed by atoms with E-state index in [-0.39, 0.29) is 11.4 Å². The van der Waals surface area contributed by atoms with Crippen molar-refractivity contribution in [3.63, 3.8) is 0 Å². The van der Waals surface area contributed by atoms with Gasteiger partial charge < -0.3 is 11.1 Å². The molecular formula is C11H24N2O. The van der Waals surface area contributed by atoms with E-state index in [1.54, 1.807) is 0 Å². The summed E-state index contributed by atoms with van der Waals surface area (Å²) in [6.45, 7) is 6.84. The molecule has 0 unspecified atom stereocenters. The van der Waals surface area contributed by atoms with Gasteiger partial charge in [0, 0.05) is 18.5 Å². The molecule has 0 saturated heterocycles. The quantitative estimate of drug-likeness (QED) is 0.616. The van der Waals surface area contributed by atoms with Gasteiger partial charge >= 0.3 is 0 Å². The molecule has 0 aromatic rings. The lowest BCUT2D eigenvalue weighted by Crippen LogP contribution is -2.34. The molecule has 0 spiro atoms. The molecule has 3 heteroatoms. The molecule has 0 bridgehead atoms. The van der Waals surface area contributed by atoms with Gasteiger partial charge in [-0.05, 0) is 26.7 Å². The average Bonchev–Trinajstić information content (AvgIpc) is 2.08. The molecule has 0 aliphatic heterocycles. The van der Waals surface area contributed by atoms with Crippen molar-refractivity contribution >= 4 is 5.91 Å². The molecule has 0 radical (unpaired) electrons. The normalized spacial score (nSPS) is 11.4. The van der Waals surface area contributed by atoms with Gasteiger partial charge in [0.05, 0.1) is 0 Å². The van der Waals surface area contributed by atoms with Crippen molar-refractivity contribution in [3.05, 3.63) is 0 Å². The van der Waals surface area contributed by atoms with Gasteiger partial charge in [0.2, 0.25) is 5.91 Å². The van der Waals surface area contributed by atoms with Crippen molar-refractivity contribution in [2.45, 2.75) is 58.4 Å². The van der Waals surface area contributed by atoms with Gasteiger partial charge in [-0.2, -0.15) is 0 Å². The van der Waals surface area contributed by atoms with Crippen molar-refractivity contribution in [2.24, 2.45) is 5.73 Å². The first-order chi connectivity index (χ1) is 6.45. The van der Waals surface area contributed by atoms with Crippen molar-refractivity contribution in [1.29, 1.82) is 0 Å². The third kappa shape index (κ3) is 9.52. The molecule has 1 amide bonds. The molecule has 0 aromatic heterocycles. The number of unbranched alkanes of at least 4 members (excludes halogenated alkanes) is 2. The van der Waals surface area contributed by atoms with Crippen molar-refractivity contribution in [3.8, 4) is 0 Å². The van der Waals surface area contributed by atoms with Crippen molar-refractivity contribution in [1.82, 2.24) is 5.32 Å². The molecule has 3 nitrogen and oxygen atoms in total. The number of hydrogen-bond donors (Lipinski definition) is 2. The Hall–Kier alpha value is -0.570. The Morgan fingerprint density at radius 2 is 2.00 bits per heavy atom. The monoisotopic (exact) mass is 200 g/mol. The van der Waals surface area contributed by atoms with E-state index in [0.29, 0.717) is 6.42 Å². The van der Waals surface area contributed by atoms with Crippen LogP contribution in [0.2, 0.25) is 0 Å². The summed E-state index contributed by atoms with van der Waals surface area (Å²) in [6.07, 6.45) is 4.73. The molecule has 0 rings (SSSR count). The van der Waals surface area contributed by atoms with Crippen LogP contribution in [0.3, 0.4) is 0 Å². The maximum atomic E-state index is 11.3. The Balaban J connectivity index is 3.38. The predicted molar refractivity (Wildman–Crippen MR) is 60.0 cm³/mol. The fourth-order valence-corrected chi connectivity index (χ4v) is 1.13. The van der Waals surface area contributed by atoms with E-state index in [1.807, 2.05) is 13.8 Å². The molecule has 0 heterocycles. The number of carbonyl (C=O) groups excluding carboxylic acids is 1. The van der Waals surface area contributed by atoms with Gasteiger partial charge in [0.25, 0.3) is 0 Å². The maximum Gasteiger partial charge on any atom is 0.220 e. The first-order valence-electron chi connectivity index (χ1n) is 5.51. The molecule has 0 fully saturated rings. The van der Waals surface area contributed by atoms with Crippen LogP contribution >= 0.6 is 0 Å². The van der Waals surface area contributed by atoms with Crippen LogP contribution in [0.15, 0.2) is 0 Å². The molecule has 0 aliphatic carbocycles. The summed E-state index contributed by atoms with van der Waals surface area (Å²) in [7, 11) is 0. The van der Waals surface area contributed by atoms with E-state index in [2.05, 4.69) is 12.2 Å². The number of rotatable bonds is 7. The highest BCUT2D eigenvalue weighted by Gasteiger charge is 2.12. The first kappa shape index (κ1) is 13.4. The van der Waals surface area contributed by atoms with Crippen LogP contribution in [-0.4, -0.2) is 18.0 Å². The van der Waals surface area contributed by atoms with Crippen LogP contribution in [-0.2, 0) is 4.79 Å². The zero-order chi connectivity index (χ0) is 11.0. The van der Waals surface area contributed by atoms with Crippen LogP contribution in [0, 0.1) is 0 Å². The topological polar surface area (TPSA) is 55.1 Å². The lowest BCUT2D eigenvalue weighted by Gasteiger charge is -2.17. The standard InChI is InChI=1S/C11H24N2O/c1-4-5-6-9-13-10(14)7-8-11(2,3)12/h4-9,12H2,1-3H3,(H,13,14). The summed E-state index contributed by atoms with van der Waals surface area (Å²) in [5.74, 6) is 0.125. The second kappa shape index (κ2) is 6.82. The van der Waals surface area contributed by atoms with Gasteiger partial charge in [-0.25, -0.2) is 0 Å². The number of nitrogens with one attached hydrogen (secondary N) is 1. The van der Waals surface area contributed by atoms with Crippen LogP contribution in [0.4, 0.5) is 0 Å². The zero-order valence-electron chi connectivity index (χ0n) is 9.73. The van der Waals surface area contributed by atoms with Gasteiger partial charge in [-0.15, -0.1) is 0 Å². The lowest BCUT2D eigenvalue weighted by molar-refractivity contribution is -0.121. The lowest BCUT2D eigenvalue weighted by atomic mass is 10.00. The van der Waals surface area contributed by atoms with Gasteiger partial charge in [0.15, 0.2) is 0 Å². The van der Waals surface area contributed by atoms with Crippen LogP contribution in [0.25, 0.3) is 0 Å². The summed E-state index contributed by atoms with van der Waals surface area (Å²) in [4.78, 5) is 11.3. The molecule has 0 saturated carbocycles. The second-order valence-corrected chi connectivity index (χ2v) is 4.55. The van der Waals surface area contributed by atoms with Crippen LogP contribution in [0.1, 0.15) is 52.9 Å². The molecule has 0 atom stereocenters. The SMILES string of the molecule is CCCCCNC(=O)CCC(C)(C)N. The molecule has 0 aliphatic rings. The number of carbonyl (C=O) groups is 1. The zero-order valence-corrected chi connectivity index (χ0v) is 9.73. The highest BCUT2D eigenvalue weighted by atomic mass is 16.1. The van der Waals surface area contributed by atoms with E-state index in [0.717, 1.165) is 19.4 Å². The van der Waals surface area contributed by atoms with Crippen LogP contribution < -0.4 is 11.1 Å². The fraction of sp³-hybridized carbons (Fsp3) is 0.909. The summed E-state index contributed by atoms with van der Waals surface area (Å²) in [5.41, 5.74) is 5.54. The Bertz CT molecular complexity index is 161. The number of hydrogen-bond acceptors (Lipinski definition) is 2. The summed E-state index contributed by atoms with van der Waals surface area (Å²) in [5, 5.41) is 2.90. The molecular weight excluding hydrogens is 176 g/mol. The van der Waals surface area contributed by atoms with Crippen molar-refractivity contribution < 1.29 is 4.79 Å². The van der Waals surface area contributed by atoms with Crippen molar-refractivity contribution in [2.75, 3.05) is 6.54 Å². The maximum absolute atomic E-state index is 11.3. The Morgan fingerprint density at radius 3 is 2.50 bits per heavy atom. The van der Waals surface area contributed by atoms with Crippen LogP contribution in [0.5, 0.6) is 0 Å². The van der Waals surface area contributed by atoms with E-state index in [1.165, 1.54) is 12.8 Å². The Kier molecular flexibility index (Phi) is 6.54. The first-order valence-corrected chi connectivity index (χ1v) is 5.51.